The van der Waals surface area contributed by atoms with Gasteiger partial charge in [-0.25, -0.2) is 9.97 Å². The summed E-state index contributed by atoms with van der Waals surface area (Å²) in [5.41, 5.74) is 2.46. The van der Waals surface area contributed by atoms with Gasteiger partial charge in [0, 0.05) is 35.3 Å². The maximum absolute atomic E-state index is 12.4. The highest BCUT2D eigenvalue weighted by Gasteiger charge is 2.28. The van der Waals surface area contributed by atoms with Gasteiger partial charge in [-0.3, -0.25) is 4.79 Å². The van der Waals surface area contributed by atoms with Crippen molar-refractivity contribution in [1.29, 1.82) is 0 Å². The molecule has 0 radical (unpaired) electrons. The molecule has 1 aliphatic carbocycles. The van der Waals surface area contributed by atoms with E-state index in [-0.39, 0.29) is 5.91 Å². The molecule has 1 atom stereocenters. The number of likely N-dealkylation sites (tertiary alicyclic amines) is 1. The molecule has 0 bridgehead atoms. The number of hydrogen-bond donors (Lipinski definition) is 1. The van der Waals surface area contributed by atoms with Crippen molar-refractivity contribution in [3.63, 3.8) is 0 Å². The van der Waals surface area contributed by atoms with Crippen molar-refractivity contribution in [2.24, 2.45) is 0 Å². The maximum Gasteiger partial charge on any atom is 0.227 e. The molecule has 2 aliphatic rings. The molecule has 1 saturated heterocycles. The van der Waals surface area contributed by atoms with Crippen molar-refractivity contribution < 1.29 is 4.79 Å². The standard InChI is InChI=1S/C17H20N4OS/c22-16(9-13-3-2-8-23-13)21-7-6-12(10-21)20-17-14-4-1-5-15(14)18-11-19-17/h2-3,8,11-12H,1,4-7,9-10H2,(H,18,19,20)/t12-/m1/s1. The lowest BCUT2D eigenvalue weighted by Crippen LogP contribution is -2.32. The van der Waals surface area contributed by atoms with Crippen LogP contribution < -0.4 is 5.32 Å². The van der Waals surface area contributed by atoms with Crippen molar-refractivity contribution in [1.82, 2.24) is 14.9 Å². The SMILES string of the molecule is O=C(Cc1cccs1)N1CC[C@@H](Nc2ncnc3c2CCC3)C1. The van der Waals surface area contributed by atoms with Crippen molar-refractivity contribution in [2.75, 3.05) is 18.4 Å². The Morgan fingerprint density at radius 1 is 1.39 bits per heavy atom. The number of nitrogens with zero attached hydrogens (tertiary/aromatic N) is 3. The number of aromatic nitrogens is 2. The van der Waals surface area contributed by atoms with E-state index in [0.29, 0.717) is 12.5 Å². The number of hydrogen-bond acceptors (Lipinski definition) is 5. The Hall–Kier alpha value is -1.95. The summed E-state index contributed by atoms with van der Waals surface area (Å²) in [5, 5.41) is 5.56. The van der Waals surface area contributed by atoms with E-state index in [4.69, 9.17) is 0 Å². The topological polar surface area (TPSA) is 58.1 Å². The van der Waals surface area contributed by atoms with Gasteiger partial charge < -0.3 is 10.2 Å². The first-order valence-electron chi connectivity index (χ1n) is 8.19. The van der Waals surface area contributed by atoms with Crippen LogP contribution in [0.4, 0.5) is 5.82 Å². The molecule has 0 saturated carbocycles. The molecule has 6 heteroatoms. The maximum atomic E-state index is 12.4. The lowest BCUT2D eigenvalue weighted by molar-refractivity contribution is -0.129. The van der Waals surface area contributed by atoms with E-state index in [1.54, 1.807) is 17.7 Å². The number of rotatable bonds is 4. The number of carbonyl (C=O) groups is 1. The summed E-state index contributed by atoms with van der Waals surface area (Å²) in [5.74, 6) is 1.20. The van der Waals surface area contributed by atoms with E-state index < -0.39 is 0 Å². The molecule has 3 heterocycles. The molecule has 2 aromatic rings. The van der Waals surface area contributed by atoms with Gasteiger partial charge >= 0.3 is 0 Å². The summed E-state index contributed by atoms with van der Waals surface area (Å²) >= 11 is 1.65. The van der Waals surface area contributed by atoms with Gasteiger partial charge in [0.1, 0.15) is 12.1 Å². The Balaban J connectivity index is 1.37. The predicted molar refractivity (Wildman–Crippen MR) is 90.7 cm³/mol. The fraction of sp³-hybridized carbons (Fsp3) is 0.471. The number of carbonyl (C=O) groups excluding carboxylic acids is 1. The molecule has 0 spiro atoms. The molecular weight excluding hydrogens is 308 g/mol. The zero-order chi connectivity index (χ0) is 15.6. The molecule has 4 rings (SSSR count). The number of thiophene rings is 1. The van der Waals surface area contributed by atoms with Gasteiger partial charge in [0.25, 0.3) is 0 Å². The molecular formula is C17H20N4OS. The van der Waals surface area contributed by atoms with Gasteiger partial charge in [-0.15, -0.1) is 11.3 Å². The van der Waals surface area contributed by atoms with E-state index in [1.165, 1.54) is 17.7 Å². The molecule has 1 aliphatic heterocycles. The van der Waals surface area contributed by atoms with Crippen LogP contribution in [0.25, 0.3) is 0 Å². The average Bonchev–Trinajstić information content (AvgIpc) is 3.28. The second-order valence-corrected chi connectivity index (χ2v) is 7.26. The minimum absolute atomic E-state index is 0.227. The Bertz CT molecular complexity index is 701. The minimum Gasteiger partial charge on any atom is -0.365 e. The Morgan fingerprint density at radius 3 is 3.22 bits per heavy atom. The Kier molecular flexibility index (Phi) is 3.99. The highest BCUT2D eigenvalue weighted by atomic mass is 32.1. The number of amides is 1. The van der Waals surface area contributed by atoms with Crippen LogP contribution in [0.1, 0.15) is 29.0 Å². The van der Waals surface area contributed by atoms with Gasteiger partial charge in [-0.2, -0.15) is 0 Å². The molecule has 0 unspecified atom stereocenters. The van der Waals surface area contributed by atoms with Gasteiger partial charge in [0.15, 0.2) is 0 Å². The summed E-state index contributed by atoms with van der Waals surface area (Å²) in [6.07, 6.45) is 6.44. The van der Waals surface area contributed by atoms with Gasteiger partial charge in [-0.05, 0) is 37.1 Å². The largest absolute Gasteiger partial charge is 0.365 e. The first-order valence-corrected chi connectivity index (χ1v) is 9.07. The fourth-order valence-electron chi connectivity index (χ4n) is 3.46. The van der Waals surface area contributed by atoms with E-state index in [0.717, 1.165) is 43.0 Å². The average molecular weight is 328 g/mol. The summed E-state index contributed by atoms with van der Waals surface area (Å²) in [6, 6.07) is 4.32. The lowest BCUT2D eigenvalue weighted by Gasteiger charge is -2.18. The lowest BCUT2D eigenvalue weighted by atomic mass is 10.2. The molecule has 1 N–H and O–H groups in total. The number of anilines is 1. The van der Waals surface area contributed by atoms with Crippen LogP contribution >= 0.6 is 11.3 Å². The first kappa shape index (κ1) is 14.6. The summed E-state index contributed by atoms with van der Waals surface area (Å²) < 4.78 is 0. The van der Waals surface area contributed by atoms with Crippen LogP contribution in [0.15, 0.2) is 23.8 Å². The summed E-state index contributed by atoms with van der Waals surface area (Å²) in [7, 11) is 0. The second-order valence-electron chi connectivity index (χ2n) is 6.23. The van der Waals surface area contributed by atoms with E-state index >= 15 is 0 Å². The Labute approximate surface area is 139 Å². The fourth-order valence-corrected chi connectivity index (χ4v) is 4.15. The minimum atomic E-state index is 0.227. The Morgan fingerprint density at radius 2 is 2.35 bits per heavy atom. The van der Waals surface area contributed by atoms with Crippen LogP contribution in [0.5, 0.6) is 0 Å². The molecule has 2 aromatic heterocycles. The third-order valence-electron chi connectivity index (χ3n) is 4.66. The van der Waals surface area contributed by atoms with Gasteiger partial charge in [0.05, 0.1) is 6.42 Å². The summed E-state index contributed by atoms with van der Waals surface area (Å²) in [4.78, 5) is 24.3. The summed E-state index contributed by atoms with van der Waals surface area (Å²) in [6.45, 7) is 1.60. The number of aryl methyl sites for hydroxylation is 1. The second kappa shape index (κ2) is 6.28. The van der Waals surface area contributed by atoms with Crippen LogP contribution in [-0.4, -0.2) is 39.9 Å². The van der Waals surface area contributed by atoms with E-state index in [2.05, 4.69) is 15.3 Å². The smallest absolute Gasteiger partial charge is 0.227 e. The molecule has 1 fully saturated rings. The predicted octanol–water partition coefficient (Wildman–Crippen LogP) is 2.28. The van der Waals surface area contributed by atoms with E-state index in [9.17, 15) is 4.79 Å². The third kappa shape index (κ3) is 3.08. The molecule has 0 aromatic carbocycles. The van der Waals surface area contributed by atoms with Crippen molar-refractivity contribution in [3.8, 4) is 0 Å². The zero-order valence-corrected chi connectivity index (χ0v) is 13.8. The molecule has 1 amide bonds. The van der Waals surface area contributed by atoms with Gasteiger partial charge in [-0.1, -0.05) is 6.07 Å². The third-order valence-corrected chi connectivity index (χ3v) is 5.54. The van der Waals surface area contributed by atoms with Crippen LogP contribution in [0, 0.1) is 0 Å². The number of fused-ring (bicyclic) bond motifs is 1. The highest BCUT2D eigenvalue weighted by Crippen LogP contribution is 2.26. The quantitative estimate of drug-likeness (QED) is 0.935. The van der Waals surface area contributed by atoms with Crippen LogP contribution in [0.3, 0.4) is 0 Å². The highest BCUT2D eigenvalue weighted by molar-refractivity contribution is 7.10. The monoisotopic (exact) mass is 328 g/mol. The van der Waals surface area contributed by atoms with Crippen LogP contribution in [-0.2, 0) is 24.1 Å². The van der Waals surface area contributed by atoms with Crippen molar-refractivity contribution in [3.05, 3.63) is 40.0 Å². The number of nitrogens with one attached hydrogen (secondary N) is 1. The molecule has 23 heavy (non-hydrogen) atoms. The molecule has 120 valence electrons. The van der Waals surface area contributed by atoms with Crippen molar-refractivity contribution >= 4 is 23.1 Å². The normalized spacial score (nSPS) is 19.8. The van der Waals surface area contributed by atoms with E-state index in [1.807, 2.05) is 22.4 Å². The molecule has 5 nitrogen and oxygen atoms in total. The van der Waals surface area contributed by atoms with Gasteiger partial charge in [0.2, 0.25) is 5.91 Å². The zero-order valence-electron chi connectivity index (χ0n) is 13.0. The first-order chi connectivity index (χ1) is 11.3. The van der Waals surface area contributed by atoms with Crippen LogP contribution in [0.2, 0.25) is 0 Å². The van der Waals surface area contributed by atoms with Crippen molar-refractivity contribution in [2.45, 2.75) is 38.1 Å².